The van der Waals surface area contributed by atoms with E-state index in [9.17, 15) is 9.90 Å². The summed E-state index contributed by atoms with van der Waals surface area (Å²) in [5, 5.41) is 18.4. The van der Waals surface area contributed by atoms with Gasteiger partial charge in [-0.2, -0.15) is 0 Å². The van der Waals surface area contributed by atoms with E-state index in [1.807, 2.05) is 116 Å². The molecule has 10 aromatic carbocycles. The maximum absolute atomic E-state index is 11.5. The minimum absolute atomic E-state index is 0. The molecule has 12 aromatic rings. The van der Waals surface area contributed by atoms with Crippen molar-refractivity contribution in [3.63, 3.8) is 0 Å². The van der Waals surface area contributed by atoms with E-state index < -0.39 is 5.41 Å². The number of aliphatic hydroxyl groups is 1. The number of allylic oxidation sites excluding steroid dienone is 2. The number of rotatable bonds is 7. The van der Waals surface area contributed by atoms with Crippen LogP contribution >= 0.6 is 0 Å². The van der Waals surface area contributed by atoms with E-state index in [4.69, 9.17) is 19.9 Å². The van der Waals surface area contributed by atoms with Crippen molar-refractivity contribution in [1.29, 1.82) is 0 Å². The first-order chi connectivity index (χ1) is 37.1. The summed E-state index contributed by atoms with van der Waals surface area (Å²) in [4.78, 5) is 35.2. The van der Waals surface area contributed by atoms with E-state index >= 15 is 0 Å². The van der Waals surface area contributed by atoms with Gasteiger partial charge in [0.2, 0.25) is 0 Å². The Morgan fingerprint density at radius 3 is 1.13 bits per heavy atom. The molecular formula is C69H60IrN6O2-2. The average Bonchev–Trinajstić information content (AvgIpc) is 3.64. The van der Waals surface area contributed by atoms with Gasteiger partial charge in [0.15, 0.2) is 5.78 Å². The second-order valence-corrected chi connectivity index (χ2v) is 21.2. The third kappa shape index (κ3) is 11.4. The molecule has 0 amide bonds. The second kappa shape index (κ2) is 22.9. The van der Waals surface area contributed by atoms with Crippen molar-refractivity contribution in [3.8, 4) is 0 Å². The zero-order chi connectivity index (χ0) is 53.8. The predicted molar refractivity (Wildman–Crippen MR) is 320 cm³/mol. The molecule has 78 heavy (non-hydrogen) atoms. The molecule has 9 heteroatoms. The molecule has 389 valence electrons. The number of fused-ring (bicyclic) bond motifs is 12. The van der Waals surface area contributed by atoms with Gasteiger partial charge >= 0.3 is 0 Å². The molecule has 12 rings (SSSR count). The molecule has 0 saturated heterocycles. The molecule has 0 fully saturated rings. The summed E-state index contributed by atoms with van der Waals surface area (Å²) in [7, 11) is 0. The van der Waals surface area contributed by atoms with Crippen molar-refractivity contribution in [2.75, 3.05) is 9.80 Å². The minimum Gasteiger partial charge on any atom is -0.512 e. The minimum atomic E-state index is -0.417. The third-order valence-corrected chi connectivity index (χ3v) is 13.4. The van der Waals surface area contributed by atoms with Crippen molar-refractivity contribution < 1.29 is 30.0 Å². The fourth-order valence-corrected chi connectivity index (χ4v) is 9.37. The van der Waals surface area contributed by atoms with Gasteiger partial charge in [0.05, 0.1) is 22.4 Å². The van der Waals surface area contributed by atoms with Gasteiger partial charge in [-0.3, -0.25) is 14.8 Å². The van der Waals surface area contributed by atoms with Crippen LogP contribution < -0.4 is 9.80 Å². The zero-order valence-corrected chi connectivity index (χ0v) is 47.5. The van der Waals surface area contributed by atoms with Gasteiger partial charge in [-0.15, -0.1) is 59.3 Å². The molecule has 0 aliphatic rings. The number of carbonyl (C=O) groups is 1. The molecule has 0 saturated carbocycles. The van der Waals surface area contributed by atoms with Crippen LogP contribution in [0.2, 0.25) is 0 Å². The Bertz CT molecular complexity index is 3800. The van der Waals surface area contributed by atoms with Crippen molar-refractivity contribution in [3.05, 3.63) is 242 Å². The SMILES string of the molecule is CC(C)(C)C(=O)/C=C(\O)C(C)(C)C.Cc1cnc2c3[c-]cccc3c3cc(N(c4ccccc4)c4ccccc4)ccc3c2n1.Cc1cnc2c3[c-]cccc3c3cc(N(c4ccccc4)c4ccccc4)ccc3c2n1.[Ir]. The molecule has 8 nitrogen and oxygen atoms in total. The fourth-order valence-electron chi connectivity index (χ4n) is 9.37. The molecule has 0 aliphatic carbocycles. The van der Waals surface area contributed by atoms with Crippen molar-refractivity contribution in [2.24, 2.45) is 10.8 Å². The summed E-state index contributed by atoms with van der Waals surface area (Å²) in [6, 6.07) is 74.1. The maximum Gasteiger partial charge on any atom is 0.164 e. The topological polar surface area (TPSA) is 95.3 Å². The monoisotopic (exact) mass is 1200 g/mol. The summed E-state index contributed by atoms with van der Waals surface area (Å²) in [5.41, 5.74) is 11.4. The van der Waals surface area contributed by atoms with Crippen LogP contribution in [-0.4, -0.2) is 30.8 Å². The Balaban J connectivity index is 0.000000154. The number of aliphatic hydroxyl groups excluding tert-OH is 1. The largest absolute Gasteiger partial charge is 0.512 e. The number of aromatic nitrogens is 4. The van der Waals surface area contributed by atoms with Gasteiger partial charge in [-0.05, 0) is 108 Å². The Morgan fingerprint density at radius 1 is 0.436 bits per heavy atom. The molecule has 0 unspecified atom stereocenters. The number of hydrogen-bond donors (Lipinski definition) is 1. The molecule has 2 aromatic heterocycles. The standard InChI is InChI=1S/2C29H20N3.C11H20O2.Ir/c2*1-20-19-30-28-25-15-9-8-14-24(25)27-18-23(16-17-26(27)29(28)31-20)32(21-10-4-2-5-11-21)22-12-6-3-7-13-22;1-10(2,3)8(12)7-9(13)11(4,5)6;/h2*2-14,16-19H,1H3;7,12H,1-6H3;/q2*-1;;/b;;8-7-;. The third-order valence-electron chi connectivity index (χ3n) is 13.4. The Morgan fingerprint density at radius 2 is 0.795 bits per heavy atom. The normalized spacial score (nSPS) is 11.7. The number of benzene rings is 10. The Kier molecular flexibility index (Phi) is 15.9. The van der Waals surface area contributed by atoms with Crippen LogP contribution in [0, 0.1) is 36.8 Å². The van der Waals surface area contributed by atoms with Gasteiger partial charge in [0, 0.05) is 94.6 Å². The Labute approximate surface area is 470 Å². The summed E-state index contributed by atoms with van der Waals surface area (Å²) in [5.74, 6) is 0.104. The first-order valence-corrected chi connectivity index (χ1v) is 25.9. The maximum atomic E-state index is 11.5. The first kappa shape index (κ1) is 54.2. The quantitative estimate of drug-likeness (QED) is 0.0730. The summed E-state index contributed by atoms with van der Waals surface area (Å²) in [6.45, 7) is 15.1. The van der Waals surface area contributed by atoms with Crippen LogP contribution in [-0.2, 0) is 24.9 Å². The molecule has 1 radical (unpaired) electrons. The molecule has 0 atom stereocenters. The summed E-state index contributed by atoms with van der Waals surface area (Å²) in [6.07, 6.45) is 4.99. The zero-order valence-electron chi connectivity index (χ0n) is 45.1. The number of carbonyl (C=O) groups excluding carboxylic acids is 1. The summed E-state index contributed by atoms with van der Waals surface area (Å²) >= 11 is 0. The number of aryl methyl sites for hydroxylation is 2. The van der Waals surface area contributed by atoms with Crippen LogP contribution in [0.15, 0.2) is 218 Å². The molecule has 0 bridgehead atoms. The Hall–Kier alpha value is -8.62. The number of nitrogens with zero attached hydrogens (tertiary/aromatic N) is 6. The van der Waals surface area contributed by atoms with Crippen molar-refractivity contribution in [1.82, 2.24) is 19.9 Å². The average molecular weight is 1200 g/mol. The smallest absolute Gasteiger partial charge is 0.164 e. The number of ketones is 1. The van der Waals surface area contributed by atoms with Crippen LogP contribution in [0.3, 0.4) is 0 Å². The predicted octanol–water partition coefficient (Wildman–Crippen LogP) is 18.1. The van der Waals surface area contributed by atoms with Crippen molar-refractivity contribution >= 4 is 105 Å². The second-order valence-electron chi connectivity index (χ2n) is 21.2. The van der Waals surface area contributed by atoms with Crippen molar-refractivity contribution in [2.45, 2.75) is 55.4 Å². The number of hydrogen-bond acceptors (Lipinski definition) is 8. The van der Waals surface area contributed by atoms with Crippen LogP contribution in [0.5, 0.6) is 0 Å². The van der Waals surface area contributed by atoms with E-state index in [-0.39, 0.29) is 37.1 Å². The van der Waals surface area contributed by atoms with Crippen LogP contribution in [0.4, 0.5) is 34.1 Å². The molecular weight excluding hydrogens is 1140 g/mol. The van der Waals surface area contributed by atoms with E-state index in [0.29, 0.717) is 0 Å². The van der Waals surface area contributed by atoms with Gasteiger partial charge in [-0.25, -0.2) is 0 Å². The van der Waals surface area contributed by atoms with Gasteiger partial charge in [-0.1, -0.05) is 137 Å². The van der Waals surface area contributed by atoms with E-state index in [1.54, 1.807) is 0 Å². The van der Waals surface area contributed by atoms with Gasteiger partial charge in [0.1, 0.15) is 5.76 Å². The van der Waals surface area contributed by atoms with E-state index in [1.165, 1.54) is 6.08 Å². The molecule has 2 heterocycles. The van der Waals surface area contributed by atoms with Crippen LogP contribution in [0.1, 0.15) is 52.9 Å². The van der Waals surface area contributed by atoms with Gasteiger partial charge < -0.3 is 24.9 Å². The first-order valence-electron chi connectivity index (χ1n) is 25.9. The molecule has 0 aliphatic heterocycles. The fraction of sp³-hybridized carbons (Fsp3) is 0.145. The number of anilines is 6. The van der Waals surface area contributed by atoms with E-state index in [2.05, 4.69) is 168 Å². The molecule has 0 spiro atoms. The molecule has 1 N–H and O–H groups in total. The van der Waals surface area contributed by atoms with Gasteiger partial charge in [0.25, 0.3) is 0 Å². The van der Waals surface area contributed by atoms with Crippen LogP contribution in [0.25, 0.3) is 65.2 Å². The van der Waals surface area contributed by atoms with E-state index in [0.717, 1.165) is 111 Å². The number of para-hydroxylation sites is 4. The summed E-state index contributed by atoms with van der Waals surface area (Å²) < 4.78 is 0.